The van der Waals surface area contributed by atoms with Gasteiger partial charge in [-0.1, -0.05) is 78.9 Å². The summed E-state index contributed by atoms with van der Waals surface area (Å²) in [7, 11) is 1.93. The van der Waals surface area contributed by atoms with Crippen molar-refractivity contribution in [3.63, 3.8) is 0 Å². The van der Waals surface area contributed by atoms with Crippen molar-refractivity contribution >= 4 is 11.9 Å². The maximum absolute atomic E-state index is 12.3. The molecule has 1 fully saturated rings. The summed E-state index contributed by atoms with van der Waals surface area (Å²) in [4.78, 5) is 25.5. The highest BCUT2D eigenvalue weighted by molar-refractivity contribution is 5.82. The van der Waals surface area contributed by atoms with Gasteiger partial charge in [-0.3, -0.25) is 9.59 Å². The van der Waals surface area contributed by atoms with Gasteiger partial charge in [-0.2, -0.15) is 0 Å². The number of phenols is 1. The molecule has 5 atom stereocenters. The smallest absolute Gasteiger partial charge is 0.303 e. The minimum absolute atomic E-state index is 0.0361. The third kappa shape index (κ3) is 9.97. The number of hydrogen-bond donors (Lipinski definition) is 4. The molecule has 4 N–H and O–H groups in total. The van der Waals surface area contributed by atoms with Crippen molar-refractivity contribution in [2.45, 2.75) is 64.1 Å². The lowest BCUT2D eigenvalue weighted by Crippen LogP contribution is -2.39. The summed E-state index contributed by atoms with van der Waals surface area (Å²) in [5.74, 6) is -0.759. The highest BCUT2D eigenvalue weighted by atomic mass is 16.7. The summed E-state index contributed by atoms with van der Waals surface area (Å²) >= 11 is 0. The summed E-state index contributed by atoms with van der Waals surface area (Å²) in [5, 5.41) is 33.0. The molecule has 1 heterocycles. The van der Waals surface area contributed by atoms with Gasteiger partial charge in [0.2, 0.25) is 0 Å². The van der Waals surface area contributed by atoms with Gasteiger partial charge >= 0.3 is 5.97 Å². The quantitative estimate of drug-likeness (QED) is 0.139. The summed E-state index contributed by atoms with van der Waals surface area (Å²) in [6.45, 7) is 3.96. The molecule has 4 aromatic carbocycles. The number of ether oxygens (including phenoxy) is 3. The molecule has 258 valence electrons. The third-order valence-electron chi connectivity index (χ3n) is 8.49. The highest BCUT2D eigenvalue weighted by Gasteiger charge is 2.33. The Balaban J connectivity index is 1.28. The SMILES string of the molecule is CC(=O)O[C@@H](C)C(=O)NCc1cccc(-c2ccc([C@@H]3O[C@H](CN(C)C[C@@H](O)c4cccc(O)c4)C[C@H](c4ccc(CO)cc4)O3)cc2)c1. The number of nitrogens with one attached hydrogen (secondary N) is 1. The number of carbonyl (C=O) groups excluding carboxylic acids is 2. The second-order valence-corrected chi connectivity index (χ2v) is 12.5. The number of benzene rings is 4. The normalized spacial score (nSPS) is 18.9. The molecule has 10 heteroatoms. The van der Waals surface area contributed by atoms with E-state index in [1.54, 1.807) is 24.3 Å². The van der Waals surface area contributed by atoms with Crippen LogP contribution in [0.5, 0.6) is 5.75 Å². The molecule has 1 aliphatic heterocycles. The summed E-state index contributed by atoms with van der Waals surface area (Å²) in [6.07, 6.45) is -2.15. The Morgan fingerprint density at radius 1 is 0.918 bits per heavy atom. The fraction of sp³-hybridized carbons (Fsp3) is 0.333. The molecule has 1 amide bonds. The molecule has 49 heavy (non-hydrogen) atoms. The zero-order chi connectivity index (χ0) is 34.9. The maximum Gasteiger partial charge on any atom is 0.303 e. The molecule has 0 aromatic heterocycles. The van der Waals surface area contributed by atoms with Crippen molar-refractivity contribution < 1.29 is 39.1 Å². The Morgan fingerprint density at radius 3 is 2.33 bits per heavy atom. The van der Waals surface area contributed by atoms with Crippen LogP contribution in [0.15, 0.2) is 97.1 Å². The van der Waals surface area contributed by atoms with Crippen LogP contribution in [0.4, 0.5) is 0 Å². The average Bonchev–Trinajstić information content (AvgIpc) is 3.10. The Kier molecular flexibility index (Phi) is 12.2. The van der Waals surface area contributed by atoms with Gasteiger partial charge in [-0.25, -0.2) is 0 Å². The largest absolute Gasteiger partial charge is 0.508 e. The molecule has 0 spiro atoms. The summed E-state index contributed by atoms with van der Waals surface area (Å²) in [6, 6.07) is 30.2. The molecule has 0 saturated carbocycles. The molecule has 1 aliphatic rings. The number of amides is 1. The van der Waals surface area contributed by atoms with E-state index >= 15 is 0 Å². The molecule has 0 bridgehead atoms. The Hall–Kier alpha value is -4.58. The number of carbonyl (C=O) groups is 2. The van der Waals surface area contributed by atoms with Crippen LogP contribution in [0.3, 0.4) is 0 Å². The summed E-state index contributed by atoms with van der Waals surface area (Å²) in [5.41, 5.74) is 6.17. The van der Waals surface area contributed by atoms with Crippen LogP contribution in [-0.4, -0.2) is 64.4 Å². The maximum atomic E-state index is 12.3. The van der Waals surface area contributed by atoms with E-state index in [4.69, 9.17) is 14.2 Å². The van der Waals surface area contributed by atoms with Gasteiger partial charge in [-0.05, 0) is 65.6 Å². The van der Waals surface area contributed by atoms with E-state index < -0.39 is 24.5 Å². The molecule has 0 aliphatic carbocycles. The van der Waals surface area contributed by atoms with Crippen LogP contribution in [-0.2, 0) is 37.0 Å². The molecule has 5 rings (SSSR count). The fourth-order valence-corrected chi connectivity index (χ4v) is 5.92. The summed E-state index contributed by atoms with van der Waals surface area (Å²) < 4.78 is 18.0. The van der Waals surface area contributed by atoms with E-state index in [-0.39, 0.29) is 30.5 Å². The lowest BCUT2D eigenvalue weighted by Gasteiger charge is -2.38. The number of aromatic hydroxyl groups is 1. The van der Waals surface area contributed by atoms with Crippen LogP contribution in [0.2, 0.25) is 0 Å². The molecule has 0 radical (unpaired) electrons. The van der Waals surface area contributed by atoms with E-state index in [9.17, 15) is 24.9 Å². The van der Waals surface area contributed by atoms with Gasteiger partial charge < -0.3 is 39.7 Å². The van der Waals surface area contributed by atoms with Gasteiger partial charge in [-0.15, -0.1) is 0 Å². The van der Waals surface area contributed by atoms with Crippen LogP contribution in [0.25, 0.3) is 11.1 Å². The number of aliphatic hydroxyl groups is 2. The number of rotatable bonds is 13. The van der Waals surface area contributed by atoms with Crippen LogP contribution < -0.4 is 5.32 Å². The zero-order valence-electron chi connectivity index (χ0n) is 28.0. The predicted octanol–water partition coefficient (Wildman–Crippen LogP) is 5.33. The molecule has 10 nitrogen and oxygen atoms in total. The Labute approximate surface area is 286 Å². The lowest BCUT2D eigenvalue weighted by atomic mass is 9.99. The van der Waals surface area contributed by atoms with Gasteiger partial charge in [0.15, 0.2) is 12.4 Å². The lowest BCUT2D eigenvalue weighted by molar-refractivity contribution is -0.252. The average molecular weight is 669 g/mol. The van der Waals surface area contributed by atoms with Crippen molar-refractivity contribution in [3.8, 4) is 16.9 Å². The van der Waals surface area contributed by atoms with Crippen molar-refractivity contribution in [2.75, 3.05) is 20.1 Å². The third-order valence-corrected chi connectivity index (χ3v) is 8.49. The van der Waals surface area contributed by atoms with Crippen molar-refractivity contribution in [1.29, 1.82) is 0 Å². The van der Waals surface area contributed by atoms with Gasteiger partial charge in [0.05, 0.1) is 24.9 Å². The Bertz CT molecular complexity index is 1690. The van der Waals surface area contributed by atoms with Gasteiger partial charge in [0, 0.05) is 38.5 Å². The van der Waals surface area contributed by atoms with E-state index in [2.05, 4.69) is 5.32 Å². The van der Waals surface area contributed by atoms with E-state index in [1.165, 1.54) is 13.8 Å². The van der Waals surface area contributed by atoms with E-state index in [1.807, 2.05) is 84.7 Å². The number of phenolic OH excluding ortho intramolecular Hbond substituents is 1. The highest BCUT2D eigenvalue weighted by Crippen LogP contribution is 2.39. The topological polar surface area (TPSA) is 138 Å². The monoisotopic (exact) mass is 668 g/mol. The minimum atomic E-state index is -0.867. The molecular formula is C39H44N2O8. The van der Waals surface area contributed by atoms with E-state index in [0.717, 1.165) is 33.4 Å². The number of hydrogen-bond acceptors (Lipinski definition) is 9. The predicted molar refractivity (Wildman–Crippen MR) is 184 cm³/mol. The van der Waals surface area contributed by atoms with E-state index in [0.29, 0.717) is 31.6 Å². The van der Waals surface area contributed by atoms with Gasteiger partial charge in [0.25, 0.3) is 5.91 Å². The molecular weight excluding hydrogens is 624 g/mol. The second kappa shape index (κ2) is 16.7. The molecule has 1 saturated heterocycles. The van der Waals surface area contributed by atoms with Crippen molar-refractivity contribution in [3.05, 3.63) is 125 Å². The van der Waals surface area contributed by atoms with Crippen LogP contribution in [0.1, 0.15) is 66.6 Å². The number of esters is 1. The first-order valence-electron chi connectivity index (χ1n) is 16.4. The van der Waals surface area contributed by atoms with Crippen molar-refractivity contribution in [2.24, 2.45) is 0 Å². The van der Waals surface area contributed by atoms with Gasteiger partial charge in [0.1, 0.15) is 5.75 Å². The van der Waals surface area contributed by atoms with Crippen molar-refractivity contribution in [1.82, 2.24) is 10.2 Å². The van der Waals surface area contributed by atoms with Crippen LogP contribution >= 0.6 is 0 Å². The number of aliphatic hydroxyl groups excluding tert-OH is 2. The van der Waals surface area contributed by atoms with Crippen LogP contribution in [0, 0.1) is 0 Å². The molecule has 0 unspecified atom stereocenters. The molecule has 4 aromatic rings. The first-order chi connectivity index (χ1) is 23.6. The minimum Gasteiger partial charge on any atom is -0.508 e. The first-order valence-corrected chi connectivity index (χ1v) is 16.4. The number of nitrogens with zero attached hydrogens (tertiary/aromatic N) is 1. The Morgan fingerprint density at radius 2 is 1.63 bits per heavy atom. The first kappa shape index (κ1) is 35.7. The fourth-order valence-electron chi connectivity index (χ4n) is 5.92. The number of likely N-dealkylation sites (N-methyl/N-ethyl adjacent to an activating group) is 1. The standard InChI is InChI=1S/C39H44N2O8/c1-25(47-26(2)43)38(46)40-21-28-6-4-7-32(18-28)29-14-16-31(17-15-29)39-48-35(20-37(49-39)30-12-10-27(24-42)11-13-30)22-41(3)23-36(45)33-8-5-9-34(44)19-33/h4-19,25,35-37,39,42,44-45H,20-24H2,1-3H3,(H,40,46)/t25-,35-,36+,37+,39+/m0/s1. The second-order valence-electron chi connectivity index (χ2n) is 12.5. The zero-order valence-corrected chi connectivity index (χ0v) is 28.0.